The zero-order chi connectivity index (χ0) is 14.5. The average molecular weight is 268 g/mol. The minimum Gasteiger partial charge on any atom is -0.394 e. The van der Waals surface area contributed by atoms with Crippen molar-refractivity contribution in [2.75, 3.05) is 6.61 Å². The fraction of sp³-hybridized carbons (Fsp3) is 0.500. The molecule has 0 spiro atoms. The Bertz CT molecular complexity index is 414. The molecule has 106 valence electrons. The van der Waals surface area contributed by atoms with Gasteiger partial charge in [0.2, 0.25) is 0 Å². The standard InChI is InChI=1S/C14H21FN2O2/c1-4-12(9-18)16-13(19)17-14(2,3)10-5-7-11(15)8-6-10/h5-8,12,18H,4,9H2,1-3H3,(H2,16,17,19). The summed E-state index contributed by atoms with van der Waals surface area (Å²) in [7, 11) is 0. The van der Waals surface area contributed by atoms with E-state index in [1.165, 1.54) is 12.1 Å². The van der Waals surface area contributed by atoms with Crippen molar-refractivity contribution in [1.82, 2.24) is 10.6 Å². The van der Waals surface area contributed by atoms with Crippen molar-refractivity contribution < 1.29 is 14.3 Å². The van der Waals surface area contributed by atoms with Gasteiger partial charge in [0, 0.05) is 0 Å². The molecule has 0 aliphatic heterocycles. The maximum atomic E-state index is 12.9. The van der Waals surface area contributed by atoms with Crippen molar-refractivity contribution >= 4 is 6.03 Å². The first kappa shape index (κ1) is 15.4. The molecule has 0 bridgehead atoms. The van der Waals surface area contributed by atoms with E-state index < -0.39 is 5.54 Å². The van der Waals surface area contributed by atoms with Crippen molar-refractivity contribution in [3.63, 3.8) is 0 Å². The molecule has 1 aromatic carbocycles. The second-order valence-electron chi connectivity index (χ2n) is 5.02. The number of halogens is 1. The number of carbonyl (C=O) groups excluding carboxylic acids is 1. The summed E-state index contributed by atoms with van der Waals surface area (Å²) in [5.74, 6) is -0.310. The van der Waals surface area contributed by atoms with Gasteiger partial charge in [0.1, 0.15) is 5.82 Å². The molecule has 0 fully saturated rings. The van der Waals surface area contributed by atoms with Gasteiger partial charge in [0.25, 0.3) is 0 Å². The van der Waals surface area contributed by atoms with Gasteiger partial charge in [-0.05, 0) is 38.0 Å². The Morgan fingerprint density at radius 1 is 1.37 bits per heavy atom. The SMILES string of the molecule is CCC(CO)NC(=O)NC(C)(C)c1ccc(F)cc1. The molecule has 3 N–H and O–H groups in total. The molecule has 0 aromatic heterocycles. The molecule has 0 aliphatic carbocycles. The molecule has 0 aliphatic rings. The largest absolute Gasteiger partial charge is 0.394 e. The fourth-order valence-corrected chi connectivity index (χ4v) is 1.72. The Kier molecular flexibility index (Phi) is 5.30. The topological polar surface area (TPSA) is 61.4 Å². The van der Waals surface area contributed by atoms with E-state index in [1.807, 2.05) is 20.8 Å². The van der Waals surface area contributed by atoms with Crippen molar-refractivity contribution in [1.29, 1.82) is 0 Å². The lowest BCUT2D eigenvalue weighted by Gasteiger charge is -2.28. The number of aliphatic hydroxyl groups excluding tert-OH is 1. The minimum absolute atomic E-state index is 0.0963. The van der Waals surface area contributed by atoms with Crippen LogP contribution in [0.1, 0.15) is 32.8 Å². The van der Waals surface area contributed by atoms with Gasteiger partial charge in [-0.3, -0.25) is 0 Å². The number of rotatable bonds is 5. The average Bonchev–Trinajstić information content (AvgIpc) is 2.35. The predicted octanol–water partition coefficient (Wildman–Crippen LogP) is 2.13. The third-order valence-corrected chi connectivity index (χ3v) is 3.04. The molecule has 4 nitrogen and oxygen atoms in total. The van der Waals surface area contributed by atoms with E-state index in [2.05, 4.69) is 10.6 Å². The summed E-state index contributed by atoms with van der Waals surface area (Å²) in [5.41, 5.74) is 0.187. The number of amides is 2. The predicted molar refractivity (Wildman–Crippen MR) is 72.3 cm³/mol. The first-order chi connectivity index (χ1) is 8.89. The smallest absolute Gasteiger partial charge is 0.315 e. The Morgan fingerprint density at radius 3 is 2.42 bits per heavy atom. The van der Waals surface area contributed by atoms with E-state index in [0.717, 1.165) is 5.56 Å². The number of hydrogen-bond acceptors (Lipinski definition) is 2. The van der Waals surface area contributed by atoms with Crippen molar-refractivity contribution in [3.8, 4) is 0 Å². The van der Waals surface area contributed by atoms with Crippen LogP contribution in [0.5, 0.6) is 0 Å². The molecule has 0 saturated carbocycles. The van der Waals surface area contributed by atoms with E-state index in [4.69, 9.17) is 5.11 Å². The van der Waals surface area contributed by atoms with Crippen LogP contribution in [0.2, 0.25) is 0 Å². The van der Waals surface area contributed by atoms with Crippen LogP contribution in [0.4, 0.5) is 9.18 Å². The third-order valence-electron chi connectivity index (χ3n) is 3.04. The van der Waals surface area contributed by atoms with Crippen LogP contribution in [0.15, 0.2) is 24.3 Å². The van der Waals surface area contributed by atoms with Gasteiger partial charge in [-0.15, -0.1) is 0 Å². The van der Waals surface area contributed by atoms with Gasteiger partial charge < -0.3 is 15.7 Å². The normalized spacial score (nSPS) is 12.9. The Labute approximate surface area is 113 Å². The number of aliphatic hydroxyl groups is 1. The van der Waals surface area contributed by atoms with Crippen LogP contribution in [0.25, 0.3) is 0 Å². The number of hydrogen-bond donors (Lipinski definition) is 3. The molecule has 1 atom stereocenters. The van der Waals surface area contributed by atoms with E-state index >= 15 is 0 Å². The summed E-state index contributed by atoms with van der Waals surface area (Å²) in [5, 5.41) is 14.5. The summed E-state index contributed by atoms with van der Waals surface area (Å²) in [6.45, 7) is 5.45. The number of carbonyl (C=O) groups is 1. The summed E-state index contributed by atoms with van der Waals surface area (Å²) in [6, 6.07) is 5.38. The van der Waals surface area contributed by atoms with E-state index in [-0.39, 0.29) is 24.5 Å². The van der Waals surface area contributed by atoms with Crippen LogP contribution in [0, 0.1) is 5.82 Å². The van der Waals surface area contributed by atoms with Crippen LogP contribution in [0.3, 0.4) is 0 Å². The highest BCUT2D eigenvalue weighted by molar-refractivity contribution is 5.75. The molecule has 0 heterocycles. The van der Waals surface area contributed by atoms with Gasteiger partial charge >= 0.3 is 6.03 Å². The third kappa shape index (κ3) is 4.52. The highest BCUT2D eigenvalue weighted by Crippen LogP contribution is 2.20. The molecule has 19 heavy (non-hydrogen) atoms. The molecule has 1 aromatic rings. The highest BCUT2D eigenvalue weighted by atomic mass is 19.1. The summed E-state index contributed by atoms with van der Waals surface area (Å²) in [6.07, 6.45) is 0.654. The number of benzene rings is 1. The first-order valence-corrected chi connectivity index (χ1v) is 6.34. The maximum absolute atomic E-state index is 12.9. The van der Waals surface area contributed by atoms with Gasteiger partial charge in [-0.1, -0.05) is 19.1 Å². The Balaban J connectivity index is 2.68. The molecule has 0 saturated heterocycles. The zero-order valence-corrected chi connectivity index (χ0v) is 11.5. The number of nitrogens with one attached hydrogen (secondary N) is 2. The monoisotopic (exact) mass is 268 g/mol. The maximum Gasteiger partial charge on any atom is 0.315 e. The van der Waals surface area contributed by atoms with E-state index in [1.54, 1.807) is 12.1 Å². The van der Waals surface area contributed by atoms with Crippen LogP contribution in [-0.4, -0.2) is 23.8 Å². The van der Waals surface area contributed by atoms with Gasteiger partial charge in [-0.2, -0.15) is 0 Å². The Hall–Kier alpha value is -1.62. The molecule has 1 rings (SSSR count). The Morgan fingerprint density at radius 2 is 1.95 bits per heavy atom. The first-order valence-electron chi connectivity index (χ1n) is 6.34. The lowest BCUT2D eigenvalue weighted by Crippen LogP contribution is -2.50. The quantitative estimate of drug-likeness (QED) is 0.766. The van der Waals surface area contributed by atoms with E-state index in [9.17, 15) is 9.18 Å². The van der Waals surface area contributed by atoms with Crippen LogP contribution < -0.4 is 10.6 Å². The lowest BCUT2D eigenvalue weighted by molar-refractivity contribution is 0.207. The minimum atomic E-state index is -0.620. The van der Waals surface area contributed by atoms with Crippen molar-refractivity contribution in [2.24, 2.45) is 0 Å². The molecule has 1 unspecified atom stereocenters. The van der Waals surface area contributed by atoms with Gasteiger partial charge in [0.05, 0.1) is 18.2 Å². The molecule has 2 amide bonds. The molecular weight excluding hydrogens is 247 g/mol. The number of urea groups is 1. The molecule has 5 heteroatoms. The summed E-state index contributed by atoms with van der Waals surface area (Å²) < 4.78 is 12.9. The van der Waals surface area contributed by atoms with Crippen LogP contribution >= 0.6 is 0 Å². The second kappa shape index (κ2) is 6.52. The van der Waals surface area contributed by atoms with E-state index in [0.29, 0.717) is 6.42 Å². The van der Waals surface area contributed by atoms with Crippen molar-refractivity contribution in [3.05, 3.63) is 35.6 Å². The molecular formula is C14H21FN2O2. The van der Waals surface area contributed by atoms with Gasteiger partial charge in [-0.25, -0.2) is 9.18 Å². The van der Waals surface area contributed by atoms with Crippen molar-refractivity contribution in [2.45, 2.75) is 38.8 Å². The highest BCUT2D eigenvalue weighted by Gasteiger charge is 2.23. The second-order valence-corrected chi connectivity index (χ2v) is 5.02. The summed E-state index contributed by atoms with van der Waals surface area (Å²) >= 11 is 0. The zero-order valence-electron chi connectivity index (χ0n) is 11.5. The fourth-order valence-electron chi connectivity index (χ4n) is 1.72. The molecule has 0 radical (unpaired) electrons. The van der Waals surface area contributed by atoms with Crippen LogP contribution in [-0.2, 0) is 5.54 Å². The lowest BCUT2D eigenvalue weighted by atomic mass is 9.94. The van der Waals surface area contributed by atoms with Gasteiger partial charge in [0.15, 0.2) is 0 Å². The summed E-state index contributed by atoms with van der Waals surface area (Å²) in [4.78, 5) is 11.8.